The summed E-state index contributed by atoms with van der Waals surface area (Å²) < 4.78 is 38.6. The standard InChI is InChI=1S/C26H27F3N4OS/c1-17-32-22(23(35-17)18-6-3-2-4-7-18)24(34)33-13-12-25(10-5-11-25)14-20(33)16-31-21-9-8-19(15-30-21)26(27,28)29/h2-4,6-9,15,20H,5,10-14,16H2,1H3,(H,30,31). The predicted molar refractivity (Wildman–Crippen MR) is 130 cm³/mol. The molecule has 184 valence electrons. The maximum Gasteiger partial charge on any atom is 0.417 e. The molecule has 5 nitrogen and oxygen atoms in total. The van der Waals surface area contributed by atoms with E-state index in [1.54, 1.807) is 0 Å². The van der Waals surface area contributed by atoms with Crippen LogP contribution in [0.1, 0.15) is 53.2 Å². The third-order valence-corrected chi connectivity index (χ3v) is 8.27. The van der Waals surface area contributed by atoms with Gasteiger partial charge in [-0.05, 0) is 55.7 Å². The number of thiazole rings is 1. The molecule has 1 amide bonds. The Bertz CT molecular complexity index is 1190. The molecule has 9 heteroatoms. The second-order valence-electron chi connectivity index (χ2n) is 9.55. The quantitative estimate of drug-likeness (QED) is 0.439. The first-order chi connectivity index (χ1) is 16.7. The molecule has 2 aromatic heterocycles. The molecule has 1 N–H and O–H groups in total. The molecule has 1 aliphatic carbocycles. The number of halogens is 3. The minimum atomic E-state index is -4.42. The van der Waals surface area contributed by atoms with E-state index in [4.69, 9.17) is 0 Å². The van der Waals surface area contributed by atoms with E-state index in [-0.39, 0.29) is 17.4 Å². The summed E-state index contributed by atoms with van der Waals surface area (Å²) in [6.45, 7) is 2.98. The van der Waals surface area contributed by atoms with E-state index in [1.165, 1.54) is 23.8 Å². The molecule has 1 atom stereocenters. The van der Waals surface area contributed by atoms with Crippen LogP contribution in [-0.4, -0.2) is 39.9 Å². The highest BCUT2D eigenvalue weighted by Gasteiger charge is 2.45. The Labute approximate surface area is 206 Å². The second kappa shape index (κ2) is 9.26. The van der Waals surface area contributed by atoms with Gasteiger partial charge in [-0.2, -0.15) is 13.2 Å². The van der Waals surface area contributed by atoms with Crippen LogP contribution in [-0.2, 0) is 6.18 Å². The van der Waals surface area contributed by atoms with Crippen molar-refractivity contribution < 1.29 is 18.0 Å². The van der Waals surface area contributed by atoms with Crippen molar-refractivity contribution in [2.24, 2.45) is 5.41 Å². The van der Waals surface area contributed by atoms with Gasteiger partial charge in [0.2, 0.25) is 0 Å². The van der Waals surface area contributed by atoms with Crippen LogP contribution in [0, 0.1) is 12.3 Å². The first kappa shape index (κ1) is 23.8. The second-order valence-corrected chi connectivity index (χ2v) is 10.8. The number of nitrogens with zero attached hydrogens (tertiary/aromatic N) is 3. The zero-order valence-electron chi connectivity index (χ0n) is 19.4. The number of carbonyl (C=O) groups is 1. The summed E-state index contributed by atoms with van der Waals surface area (Å²) in [5, 5.41) is 4.01. The monoisotopic (exact) mass is 500 g/mol. The van der Waals surface area contributed by atoms with Crippen LogP contribution in [0.5, 0.6) is 0 Å². The van der Waals surface area contributed by atoms with Gasteiger partial charge in [-0.3, -0.25) is 4.79 Å². The molecule has 1 spiro atoms. The van der Waals surface area contributed by atoms with Gasteiger partial charge in [0.15, 0.2) is 0 Å². The number of nitrogens with one attached hydrogen (secondary N) is 1. The third kappa shape index (κ3) is 4.91. The van der Waals surface area contributed by atoms with Crippen molar-refractivity contribution in [1.29, 1.82) is 0 Å². The lowest BCUT2D eigenvalue weighted by atomic mass is 9.61. The van der Waals surface area contributed by atoms with E-state index in [9.17, 15) is 18.0 Å². The topological polar surface area (TPSA) is 58.1 Å². The number of aryl methyl sites for hydroxylation is 1. The number of hydrogen-bond acceptors (Lipinski definition) is 5. The van der Waals surface area contributed by atoms with E-state index in [0.717, 1.165) is 53.4 Å². The van der Waals surface area contributed by atoms with Crippen molar-refractivity contribution in [3.63, 3.8) is 0 Å². The summed E-state index contributed by atoms with van der Waals surface area (Å²) in [4.78, 5) is 25.1. The Hall–Kier alpha value is -2.94. The van der Waals surface area contributed by atoms with Gasteiger partial charge in [0, 0.05) is 25.3 Å². The van der Waals surface area contributed by atoms with E-state index in [2.05, 4.69) is 15.3 Å². The van der Waals surface area contributed by atoms with Crippen molar-refractivity contribution in [2.45, 2.75) is 51.2 Å². The summed E-state index contributed by atoms with van der Waals surface area (Å²) in [6.07, 6.45) is 1.79. The number of alkyl halides is 3. The lowest BCUT2D eigenvalue weighted by molar-refractivity contribution is -0.137. The van der Waals surface area contributed by atoms with Gasteiger partial charge in [0.05, 0.1) is 15.4 Å². The number of hydrogen-bond donors (Lipinski definition) is 1. The molecule has 0 radical (unpaired) electrons. The lowest BCUT2D eigenvalue weighted by Gasteiger charge is -2.51. The molecular formula is C26H27F3N4OS. The fourth-order valence-electron chi connectivity index (χ4n) is 5.21. The number of benzene rings is 1. The maximum atomic E-state index is 13.8. The Morgan fingerprint density at radius 3 is 2.57 bits per heavy atom. The summed E-state index contributed by atoms with van der Waals surface area (Å²) in [6, 6.07) is 12.1. The zero-order valence-corrected chi connectivity index (χ0v) is 20.3. The number of rotatable bonds is 5. The van der Waals surface area contributed by atoms with Crippen molar-refractivity contribution >= 4 is 23.1 Å². The third-order valence-electron chi connectivity index (χ3n) is 7.25. The molecular weight excluding hydrogens is 473 g/mol. The van der Waals surface area contributed by atoms with Gasteiger partial charge in [0.25, 0.3) is 5.91 Å². The molecule has 0 bridgehead atoms. The lowest BCUT2D eigenvalue weighted by Crippen LogP contribution is -2.54. The highest BCUT2D eigenvalue weighted by atomic mass is 32.1. The van der Waals surface area contributed by atoms with Gasteiger partial charge in [0.1, 0.15) is 11.5 Å². The fraction of sp³-hybridized carbons (Fsp3) is 0.423. The van der Waals surface area contributed by atoms with Gasteiger partial charge >= 0.3 is 6.18 Å². The van der Waals surface area contributed by atoms with Crippen molar-refractivity contribution in [1.82, 2.24) is 14.9 Å². The number of aromatic nitrogens is 2. The smallest absolute Gasteiger partial charge is 0.368 e. The van der Waals surface area contributed by atoms with Crippen LogP contribution in [0.4, 0.5) is 19.0 Å². The minimum Gasteiger partial charge on any atom is -0.368 e. The van der Waals surface area contributed by atoms with E-state index in [0.29, 0.717) is 24.6 Å². The summed E-state index contributed by atoms with van der Waals surface area (Å²) in [7, 11) is 0. The number of piperidine rings is 1. The van der Waals surface area contributed by atoms with Crippen LogP contribution >= 0.6 is 11.3 Å². The Morgan fingerprint density at radius 2 is 1.94 bits per heavy atom. The SMILES string of the molecule is Cc1nc(C(=O)N2CCC3(CCC3)CC2CNc2ccc(C(F)(F)F)cn2)c(-c2ccccc2)s1. The van der Waals surface area contributed by atoms with Crippen LogP contribution in [0.25, 0.3) is 10.4 Å². The molecule has 1 aromatic carbocycles. The van der Waals surface area contributed by atoms with Gasteiger partial charge in [-0.1, -0.05) is 36.8 Å². The van der Waals surface area contributed by atoms with Gasteiger partial charge in [-0.15, -0.1) is 11.3 Å². The van der Waals surface area contributed by atoms with Crippen molar-refractivity contribution in [3.8, 4) is 10.4 Å². The number of anilines is 1. The first-order valence-electron chi connectivity index (χ1n) is 11.9. The molecule has 1 unspecified atom stereocenters. The van der Waals surface area contributed by atoms with Crippen LogP contribution in [0.3, 0.4) is 0 Å². The molecule has 1 aliphatic heterocycles. The Kier molecular flexibility index (Phi) is 6.29. The average Bonchev–Trinajstić information content (AvgIpc) is 3.23. The van der Waals surface area contributed by atoms with Crippen molar-refractivity contribution in [2.75, 3.05) is 18.4 Å². The summed E-state index contributed by atoms with van der Waals surface area (Å²) >= 11 is 1.51. The van der Waals surface area contributed by atoms with Crippen molar-refractivity contribution in [3.05, 3.63) is 64.9 Å². The first-order valence-corrected chi connectivity index (χ1v) is 12.7. The number of amides is 1. The molecule has 2 aliphatic rings. The fourth-order valence-corrected chi connectivity index (χ4v) is 6.13. The summed E-state index contributed by atoms with van der Waals surface area (Å²) in [5.41, 5.74) is 0.925. The van der Waals surface area contributed by atoms with Crippen LogP contribution in [0.2, 0.25) is 0 Å². The molecule has 5 rings (SSSR count). The maximum absolute atomic E-state index is 13.8. The molecule has 35 heavy (non-hydrogen) atoms. The normalized spacial score (nSPS) is 19.4. The molecule has 3 heterocycles. The zero-order chi connectivity index (χ0) is 24.6. The highest BCUT2D eigenvalue weighted by Crippen LogP contribution is 2.51. The van der Waals surface area contributed by atoms with E-state index >= 15 is 0 Å². The largest absolute Gasteiger partial charge is 0.417 e. The average molecular weight is 501 g/mol. The molecule has 1 saturated heterocycles. The number of carbonyl (C=O) groups excluding carboxylic acids is 1. The van der Waals surface area contributed by atoms with Crippen LogP contribution in [0.15, 0.2) is 48.7 Å². The van der Waals surface area contributed by atoms with Gasteiger partial charge < -0.3 is 10.2 Å². The molecule has 2 fully saturated rings. The van der Waals surface area contributed by atoms with E-state index < -0.39 is 11.7 Å². The van der Waals surface area contributed by atoms with Gasteiger partial charge in [-0.25, -0.2) is 9.97 Å². The summed E-state index contributed by atoms with van der Waals surface area (Å²) in [5.74, 6) is 0.280. The molecule has 3 aromatic rings. The number of likely N-dealkylation sites (tertiary alicyclic amines) is 1. The molecule has 1 saturated carbocycles. The number of pyridine rings is 1. The minimum absolute atomic E-state index is 0.0884. The Balaban J connectivity index is 1.37. The highest BCUT2D eigenvalue weighted by molar-refractivity contribution is 7.15. The Morgan fingerprint density at radius 1 is 1.17 bits per heavy atom. The predicted octanol–water partition coefficient (Wildman–Crippen LogP) is 6.42. The van der Waals surface area contributed by atoms with Crippen LogP contribution < -0.4 is 5.32 Å². The van der Waals surface area contributed by atoms with E-state index in [1.807, 2.05) is 42.2 Å².